The fourth-order valence-electron chi connectivity index (χ4n) is 1.68. The first-order valence-electron chi connectivity index (χ1n) is 5.20. The van der Waals surface area contributed by atoms with Crippen LogP contribution in [0.1, 0.15) is 25.0 Å². The first-order chi connectivity index (χ1) is 7.93. The van der Waals surface area contributed by atoms with Gasteiger partial charge in [0.1, 0.15) is 5.67 Å². The Hall–Kier alpha value is -1.33. The van der Waals surface area contributed by atoms with Crippen molar-refractivity contribution < 1.29 is 18.7 Å². The Bertz CT molecular complexity index is 388. The van der Waals surface area contributed by atoms with E-state index in [0.717, 1.165) is 0 Å². The predicted molar refractivity (Wildman–Crippen MR) is 62.7 cm³/mol. The molecule has 96 valence electrons. The summed E-state index contributed by atoms with van der Waals surface area (Å²) in [7, 11) is 3.02. The molecule has 1 rings (SSSR count). The number of alkyl halides is 1. The van der Waals surface area contributed by atoms with Gasteiger partial charge in [-0.15, -0.1) is 0 Å². The zero-order chi connectivity index (χ0) is 13.1. The molecule has 0 saturated heterocycles. The van der Waals surface area contributed by atoms with E-state index in [1.54, 1.807) is 12.1 Å². The number of hydrogen-bond donors (Lipinski definition) is 1. The van der Waals surface area contributed by atoms with Crippen LogP contribution < -0.4 is 15.4 Å². The highest BCUT2D eigenvalue weighted by Crippen LogP contribution is 2.37. The van der Waals surface area contributed by atoms with E-state index < -0.39 is 5.67 Å². The fourth-order valence-corrected chi connectivity index (χ4v) is 1.68. The van der Waals surface area contributed by atoms with Crippen molar-refractivity contribution in [3.05, 3.63) is 23.3 Å². The zero-order valence-electron chi connectivity index (χ0n) is 10.5. The summed E-state index contributed by atoms with van der Waals surface area (Å²) in [5.74, 6) is 6.04. The molecule has 0 aliphatic heterocycles. The van der Waals surface area contributed by atoms with Gasteiger partial charge in [-0.25, -0.2) is 10.3 Å². The molecule has 0 atom stereocenters. The van der Waals surface area contributed by atoms with Gasteiger partial charge in [-0.2, -0.15) is 0 Å². The molecule has 0 saturated carbocycles. The van der Waals surface area contributed by atoms with Crippen LogP contribution >= 0.6 is 0 Å². The Morgan fingerprint density at radius 1 is 1.18 bits per heavy atom. The molecule has 1 aromatic rings. The lowest BCUT2D eigenvalue weighted by atomic mass is 9.94. The van der Waals surface area contributed by atoms with Crippen molar-refractivity contribution >= 4 is 0 Å². The third kappa shape index (κ3) is 3.08. The Labute approximate surface area is 100 Å². The smallest absolute Gasteiger partial charge is 0.161 e. The van der Waals surface area contributed by atoms with Crippen molar-refractivity contribution in [2.75, 3.05) is 14.2 Å². The number of halogens is 1. The maximum absolute atomic E-state index is 14.1. The van der Waals surface area contributed by atoms with Crippen molar-refractivity contribution in [1.29, 1.82) is 0 Å². The average molecular weight is 243 g/mol. The van der Waals surface area contributed by atoms with Gasteiger partial charge in [0.25, 0.3) is 0 Å². The summed E-state index contributed by atoms with van der Waals surface area (Å²) in [5, 5.41) is 0. The van der Waals surface area contributed by atoms with Crippen LogP contribution in [0.3, 0.4) is 0 Å². The Kier molecular flexibility index (Phi) is 4.31. The Morgan fingerprint density at radius 2 is 1.71 bits per heavy atom. The Balaban J connectivity index is 3.35. The molecule has 1 aromatic carbocycles. The highest BCUT2D eigenvalue weighted by molar-refractivity contribution is 5.49. The number of benzene rings is 1. The van der Waals surface area contributed by atoms with Gasteiger partial charge >= 0.3 is 0 Å². The molecule has 0 radical (unpaired) electrons. The molecular formula is C12H18FNO3. The molecule has 0 heterocycles. The number of ether oxygens (including phenoxy) is 2. The molecule has 0 fully saturated rings. The number of methoxy groups -OCH3 is 2. The van der Waals surface area contributed by atoms with Gasteiger partial charge in [0.15, 0.2) is 11.5 Å². The van der Waals surface area contributed by atoms with E-state index in [4.69, 9.17) is 15.4 Å². The standard InChI is InChI=1S/C12H18FNO3/c1-12(2,13)9-6-11(16-4)10(15-3)5-8(9)7-17-14/h5-6H,7,14H2,1-4H3. The van der Waals surface area contributed by atoms with Gasteiger partial charge in [0.2, 0.25) is 0 Å². The topological polar surface area (TPSA) is 53.7 Å². The molecule has 17 heavy (non-hydrogen) atoms. The van der Waals surface area contributed by atoms with Gasteiger partial charge in [-0.3, -0.25) is 4.84 Å². The van der Waals surface area contributed by atoms with Crippen LogP contribution in [0.15, 0.2) is 12.1 Å². The third-order valence-corrected chi connectivity index (χ3v) is 2.49. The molecule has 0 unspecified atom stereocenters. The summed E-state index contributed by atoms with van der Waals surface area (Å²) in [5.41, 5.74) is -0.397. The summed E-state index contributed by atoms with van der Waals surface area (Å²) in [6, 6.07) is 3.27. The molecule has 0 amide bonds. The van der Waals surface area contributed by atoms with E-state index in [9.17, 15) is 4.39 Å². The normalized spacial score (nSPS) is 11.4. The van der Waals surface area contributed by atoms with Crippen molar-refractivity contribution in [3.8, 4) is 11.5 Å². The molecule has 2 N–H and O–H groups in total. The van der Waals surface area contributed by atoms with Crippen molar-refractivity contribution in [1.82, 2.24) is 0 Å². The van der Waals surface area contributed by atoms with E-state index in [1.807, 2.05) is 0 Å². The van der Waals surface area contributed by atoms with Crippen LogP contribution in [-0.4, -0.2) is 14.2 Å². The molecule has 0 bridgehead atoms. The van der Waals surface area contributed by atoms with Crippen molar-refractivity contribution in [2.45, 2.75) is 26.1 Å². The highest BCUT2D eigenvalue weighted by atomic mass is 19.1. The fraction of sp³-hybridized carbons (Fsp3) is 0.500. The summed E-state index contributed by atoms with van der Waals surface area (Å²) >= 11 is 0. The van der Waals surface area contributed by atoms with E-state index in [1.165, 1.54) is 28.1 Å². The van der Waals surface area contributed by atoms with E-state index in [0.29, 0.717) is 22.6 Å². The summed E-state index contributed by atoms with van der Waals surface area (Å²) in [6.45, 7) is 3.05. The second kappa shape index (κ2) is 5.33. The molecular weight excluding hydrogens is 225 g/mol. The molecule has 5 heteroatoms. The van der Waals surface area contributed by atoms with Crippen LogP contribution in [-0.2, 0) is 17.1 Å². The first kappa shape index (κ1) is 13.7. The van der Waals surface area contributed by atoms with Crippen LogP contribution in [0, 0.1) is 0 Å². The minimum absolute atomic E-state index is 0.114. The zero-order valence-corrected chi connectivity index (χ0v) is 10.5. The molecule has 0 aromatic heterocycles. The SMILES string of the molecule is COc1cc(CON)c(C(C)(C)F)cc1OC. The van der Waals surface area contributed by atoms with E-state index in [2.05, 4.69) is 4.84 Å². The largest absolute Gasteiger partial charge is 0.493 e. The number of hydrogen-bond acceptors (Lipinski definition) is 4. The second-order valence-electron chi connectivity index (χ2n) is 4.15. The molecule has 0 spiro atoms. The van der Waals surface area contributed by atoms with Crippen LogP contribution in [0.5, 0.6) is 11.5 Å². The van der Waals surface area contributed by atoms with Crippen molar-refractivity contribution in [3.63, 3.8) is 0 Å². The highest BCUT2D eigenvalue weighted by Gasteiger charge is 2.25. The van der Waals surface area contributed by atoms with Crippen molar-refractivity contribution in [2.24, 2.45) is 5.90 Å². The van der Waals surface area contributed by atoms with Gasteiger partial charge < -0.3 is 9.47 Å². The maximum Gasteiger partial charge on any atom is 0.161 e. The van der Waals surface area contributed by atoms with Gasteiger partial charge in [-0.1, -0.05) is 0 Å². The Morgan fingerprint density at radius 3 is 2.12 bits per heavy atom. The minimum atomic E-state index is -1.51. The lowest BCUT2D eigenvalue weighted by Crippen LogP contribution is -2.14. The second-order valence-corrected chi connectivity index (χ2v) is 4.15. The molecule has 0 aliphatic carbocycles. The maximum atomic E-state index is 14.1. The number of nitrogens with two attached hydrogens (primary N) is 1. The van der Waals surface area contributed by atoms with Gasteiger partial charge in [0.05, 0.1) is 20.8 Å². The van der Waals surface area contributed by atoms with Gasteiger partial charge in [0, 0.05) is 0 Å². The minimum Gasteiger partial charge on any atom is -0.493 e. The first-order valence-corrected chi connectivity index (χ1v) is 5.20. The average Bonchev–Trinajstić information content (AvgIpc) is 2.27. The summed E-state index contributed by atoms with van der Waals surface area (Å²) in [6.07, 6.45) is 0. The summed E-state index contributed by atoms with van der Waals surface area (Å²) < 4.78 is 24.4. The monoisotopic (exact) mass is 243 g/mol. The van der Waals surface area contributed by atoms with E-state index >= 15 is 0 Å². The van der Waals surface area contributed by atoms with Crippen LogP contribution in [0.4, 0.5) is 4.39 Å². The summed E-state index contributed by atoms with van der Waals surface area (Å²) in [4.78, 5) is 4.57. The van der Waals surface area contributed by atoms with Crippen LogP contribution in [0.2, 0.25) is 0 Å². The predicted octanol–water partition coefficient (Wildman–Crippen LogP) is 2.30. The van der Waals surface area contributed by atoms with Crippen LogP contribution in [0.25, 0.3) is 0 Å². The van der Waals surface area contributed by atoms with E-state index in [-0.39, 0.29) is 6.61 Å². The third-order valence-electron chi connectivity index (χ3n) is 2.49. The number of rotatable bonds is 5. The lowest BCUT2D eigenvalue weighted by Gasteiger charge is -2.21. The molecule has 0 aliphatic rings. The lowest BCUT2D eigenvalue weighted by molar-refractivity contribution is 0.119. The molecule has 4 nitrogen and oxygen atoms in total. The quantitative estimate of drug-likeness (QED) is 0.806. The van der Waals surface area contributed by atoms with Gasteiger partial charge in [-0.05, 0) is 37.1 Å².